The molecule has 5 heteroatoms. The lowest BCUT2D eigenvalue weighted by atomic mass is 10.1. The monoisotopic (exact) mass is 237 g/mol. The Labute approximate surface area is 96.9 Å². The maximum Gasteiger partial charge on any atom is 0.356 e. The third kappa shape index (κ3) is 1.92. The van der Waals surface area contributed by atoms with Gasteiger partial charge in [-0.25, -0.2) is 4.79 Å². The molecule has 0 N–H and O–H groups in total. The van der Waals surface area contributed by atoms with Gasteiger partial charge in [0.05, 0.1) is 11.8 Å². The van der Waals surface area contributed by atoms with Crippen LogP contribution in [0, 0.1) is 6.92 Å². The summed E-state index contributed by atoms with van der Waals surface area (Å²) in [6, 6.07) is 6.79. The van der Waals surface area contributed by atoms with Gasteiger partial charge in [-0.15, -0.1) is 0 Å². The molecule has 2 aromatic rings. The average molecular weight is 238 g/mol. The summed E-state index contributed by atoms with van der Waals surface area (Å²) in [5, 5.41) is 3.68. The van der Waals surface area contributed by atoms with Crippen LogP contribution in [0.5, 0.6) is 0 Å². The van der Waals surface area contributed by atoms with E-state index in [9.17, 15) is 4.79 Å². The maximum absolute atomic E-state index is 11.2. The summed E-state index contributed by atoms with van der Waals surface area (Å²) >= 11 is 5.01. The van der Waals surface area contributed by atoms with Gasteiger partial charge in [0, 0.05) is 11.1 Å². The van der Waals surface area contributed by atoms with Crippen molar-refractivity contribution in [2.75, 3.05) is 0 Å². The molecule has 16 heavy (non-hydrogen) atoms. The van der Waals surface area contributed by atoms with E-state index in [0.29, 0.717) is 11.3 Å². The number of nitrogens with zero attached hydrogens (tertiary/aromatic N) is 1. The van der Waals surface area contributed by atoms with Gasteiger partial charge in [-0.05, 0) is 19.1 Å². The molecule has 1 aromatic carbocycles. The molecule has 0 aliphatic carbocycles. The molecule has 0 unspecified atom stereocenters. The number of carbonyl (C=O) groups excluding carboxylic acids is 1. The Bertz CT molecular complexity index is 521. The molecule has 0 amide bonds. The number of rotatable bonds is 2. The van der Waals surface area contributed by atoms with Gasteiger partial charge in [-0.2, -0.15) is 0 Å². The van der Waals surface area contributed by atoms with Gasteiger partial charge in [0.15, 0.2) is 5.76 Å². The minimum atomic E-state index is -0.597. The lowest BCUT2D eigenvalue weighted by Crippen LogP contribution is -1.97. The van der Waals surface area contributed by atoms with Crippen molar-refractivity contribution in [2.24, 2.45) is 0 Å². The summed E-state index contributed by atoms with van der Waals surface area (Å²) in [6.07, 6.45) is 1.61. The van der Waals surface area contributed by atoms with E-state index in [2.05, 4.69) is 9.45 Å². The highest BCUT2D eigenvalue weighted by Crippen LogP contribution is 2.23. The number of benzene rings is 1. The summed E-state index contributed by atoms with van der Waals surface area (Å²) < 4.78 is 9.21. The molecule has 0 atom stereocenters. The Morgan fingerprint density at radius 3 is 2.94 bits per heavy atom. The van der Waals surface area contributed by atoms with Crippen LogP contribution < -0.4 is 0 Å². The SMILES string of the molecule is Cc1cnoc1-c1cccc(C(=O)OCl)c1. The van der Waals surface area contributed by atoms with Crippen molar-refractivity contribution in [3.8, 4) is 11.3 Å². The van der Waals surface area contributed by atoms with Gasteiger partial charge >= 0.3 is 5.97 Å². The highest BCUT2D eigenvalue weighted by molar-refractivity contribution is 6.15. The zero-order chi connectivity index (χ0) is 11.5. The van der Waals surface area contributed by atoms with Crippen LogP contribution in [-0.4, -0.2) is 11.1 Å². The fourth-order valence-corrected chi connectivity index (χ4v) is 1.49. The average Bonchev–Trinajstić information content (AvgIpc) is 2.74. The van der Waals surface area contributed by atoms with Gasteiger partial charge in [0.2, 0.25) is 0 Å². The summed E-state index contributed by atoms with van der Waals surface area (Å²) in [6.45, 7) is 1.87. The number of aryl methyl sites for hydroxylation is 1. The topological polar surface area (TPSA) is 52.3 Å². The van der Waals surface area contributed by atoms with Crippen LogP contribution in [-0.2, 0) is 4.29 Å². The first kappa shape index (κ1) is 10.7. The van der Waals surface area contributed by atoms with Crippen LogP contribution in [0.25, 0.3) is 11.3 Å². The molecule has 82 valence electrons. The van der Waals surface area contributed by atoms with Crippen molar-refractivity contribution in [3.05, 3.63) is 41.6 Å². The zero-order valence-corrected chi connectivity index (χ0v) is 9.19. The van der Waals surface area contributed by atoms with E-state index in [4.69, 9.17) is 16.4 Å². The van der Waals surface area contributed by atoms with E-state index in [-0.39, 0.29) is 0 Å². The molecule has 0 spiro atoms. The molecule has 0 aliphatic rings. The van der Waals surface area contributed by atoms with Gasteiger partial charge in [0.1, 0.15) is 11.9 Å². The number of hydrogen-bond acceptors (Lipinski definition) is 4. The largest absolute Gasteiger partial charge is 0.356 e. The zero-order valence-electron chi connectivity index (χ0n) is 8.44. The van der Waals surface area contributed by atoms with E-state index in [1.165, 1.54) is 0 Å². The van der Waals surface area contributed by atoms with Gasteiger partial charge < -0.3 is 8.81 Å². The molecular formula is C11H8ClNO3. The van der Waals surface area contributed by atoms with Crippen molar-refractivity contribution in [2.45, 2.75) is 6.92 Å². The van der Waals surface area contributed by atoms with Crippen molar-refractivity contribution in [3.63, 3.8) is 0 Å². The van der Waals surface area contributed by atoms with Crippen molar-refractivity contribution in [1.29, 1.82) is 0 Å². The first-order valence-corrected chi connectivity index (χ1v) is 4.88. The maximum atomic E-state index is 11.2. The van der Waals surface area contributed by atoms with Crippen molar-refractivity contribution in [1.82, 2.24) is 5.16 Å². The summed E-state index contributed by atoms with van der Waals surface area (Å²) in [5.74, 6) is 0.0323. The minimum Gasteiger partial charge on any atom is -0.356 e. The minimum absolute atomic E-state index is 0.364. The molecule has 0 saturated carbocycles. The fourth-order valence-electron chi connectivity index (χ4n) is 1.40. The van der Waals surface area contributed by atoms with E-state index < -0.39 is 5.97 Å². The van der Waals surface area contributed by atoms with Crippen LogP contribution in [0.1, 0.15) is 15.9 Å². The first-order valence-electron chi connectivity index (χ1n) is 4.57. The van der Waals surface area contributed by atoms with E-state index in [1.54, 1.807) is 24.4 Å². The molecule has 1 aromatic heterocycles. The predicted molar refractivity (Wildman–Crippen MR) is 57.9 cm³/mol. The summed E-state index contributed by atoms with van der Waals surface area (Å²) in [7, 11) is 0. The normalized spacial score (nSPS) is 10.1. The van der Waals surface area contributed by atoms with Crippen LogP contribution in [0.4, 0.5) is 0 Å². The number of halogens is 1. The molecular weight excluding hydrogens is 230 g/mol. The smallest absolute Gasteiger partial charge is 0.356 e. The highest BCUT2D eigenvalue weighted by Gasteiger charge is 2.11. The van der Waals surface area contributed by atoms with Crippen LogP contribution >= 0.6 is 11.9 Å². The summed E-state index contributed by atoms with van der Waals surface area (Å²) in [4.78, 5) is 11.2. The van der Waals surface area contributed by atoms with E-state index in [0.717, 1.165) is 11.1 Å². The second kappa shape index (κ2) is 4.37. The standard InChI is InChI=1S/C11H8ClNO3/c1-7-6-13-16-10(7)8-3-2-4-9(5-8)11(14)15-12/h2-6H,1H3. The highest BCUT2D eigenvalue weighted by atomic mass is 35.5. The lowest BCUT2D eigenvalue weighted by molar-refractivity contribution is 0.0751. The molecule has 4 nitrogen and oxygen atoms in total. The van der Waals surface area contributed by atoms with Crippen molar-refractivity contribution >= 4 is 17.8 Å². The third-order valence-electron chi connectivity index (χ3n) is 2.18. The van der Waals surface area contributed by atoms with E-state index >= 15 is 0 Å². The number of hydrogen-bond donors (Lipinski definition) is 0. The molecule has 0 aliphatic heterocycles. The molecule has 0 bridgehead atoms. The molecule has 0 saturated heterocycles. The second-order valence-corrected chi connectivity index (χ2v) is 3.44. The molecule has 0 radical (unpaired) electrons. The van der Waals surface area contributed by atoms with Gasteiger partial charge in [-0.1, -0.05) is 17.3 Å². The van der Waals surface area contributed by atoms with Gasteiger partial charge in [0.25, 0.3) is 0 Å². The lowest BCUT2D eigenvalue weighted by Gasteiger charge is -2.00. The summed E-state index contributed by atoms with van der Waals surface area (Å²) in [5.41, 5.74) is 2.02. The predicted octanol–water partition coefficient (Wildman–Crippen LogP) is 2.96. The first-order chi connectivity index (χ1) is 7.72. The molecule has 0 fully saturated rings. The Hall–Kier alpha value is -1.81. The molecule has 2 rings (SSSR count). The fraction of sp³-hybridized carbons (Fsp3) is 0.0909. The van der Waals surface area contributed by atoms with Crippen LogP contribution in [0.3, 0.4) is 0 Å². The quantitative estimate of drug-likeness (QED) is 0.806. The Morgan fingerprint density at radius 1 is 1.50 bits per heavy atom. The Balaban J connectivity index is 2.44. The third-order valence-corrected chi connectivity index (χ3v) is 2.32. The number of aromatic nitrogens is 1. The van der Waals surface area contributed by atoms with Crippen LogP contribution in [0.15, 0.2) is 35.0 Å². The Morgan fingerprint density at radius 2 is 2.31 bits per heavy atom. The Kier molecular flexibility index (Phi) is 2.92. The number of carbonyl (C=O) groups is 1. The second-order valence-electron chi connectivity index (χ2n) is 3.28. The van der Waals surface area contributed by atoms with Gasteiger partial charge in [-0.3, -0.25) is 0 Å². The molecule has 1 heterocycles. The van der Waals surface area contributed by atoms with E-state index in [1.807, 2.05) is 13.0 Å². The van der Waals surface area contributed by atoms with Crippen LogP contribution in [0.2, 0.25) is 0 Å². The van der Waals surface area contributed by atoms with Crippen molar-refractivity contribution < 1.29 is 13.6 Å².